The van der Waals surface area contributed by atoms with E-state index in [1.807, 2.05) is 19.1 Å². The summed E-state index contributed by atoms with van der Waals surface area (Å²) in [6.07, 6.45) is 1.90. The van der Waals surface area contributed by atoms with Crippen LogP contribution in [0.4, 0.5) is 0 Å². The summed E-state index contributed by atoms with van der Waals surface area (Å²) < 4.78 is 25.8. The Bertz CT molecular complexity index is 580. The normalized spacial score (nSPS) is 20.1. The minimum Gasteiger partial charge on any atom is -0.480 e. The lowest BCUT2D eigenvalue weighted by Gasteiger charge is -2.21. The Hall–Kier alpha value is -1.40. The summed E-state index contributed by atoms with van der Waals surface area (Å²) in [4.78, 5) is 11.1. The summed E-state index contributed by atoms with van der Waals surface area (Å²) in [6.45, 7) is 2.33. The maximum atomic E-state index is 12.3. The molecule has 1 atom stereocenters. The quantitative estimate of drug-likeness (QED) is 0.896. The summed E-state index contributed by atoms with van der Waals surface area (Å²) in [6, 6.07) is 6.49. The molecule has 110 valence electrons. The Labute approximate surface area is 119 Å². The van der Waals surface area contributed by atoms with E-state index in [2.05, 4.69) is 0 Å². The SMILES string of the molecule is CCc1ccc(CS(=O)(=O)N2CCCC2C(=O)O)cc1. The van der Waals surface area contributed by atoms with Gasteiger partial charge in [0.25, 0.3) is 0 Å². The van der Waals surface area contributed by atoms with Crippen molar-refractivity contribution in [2.45, 2.75) is 38.0 Å². The van der Waals surface area contributed by atoms with Crippen LogP contribution in [-0.2, 0) is 27.0 Å². The van der Waals surface area contributed by atoms with Crippen molar-refractivity contribution in [1.82, 2.24) is 4.31 Å². The molecule has 1 aromatic carbocycles. The molecule has 1 heterocycles. The van der Waals surface area contributed by atoms with Crippen molar-refractivity contribution in [2.24, 2.45) is 0 Å². The van der Waals surface area contributed by atoms with Crippen LogP contribution in [0.25, 0.3) is 0 Å². The molecule has 0 saturated carbocycles. The van der Waals surface area contributed by atoms with Crippen molar-refractivity contribution in [3.8, 4) is 0 Å². The molecule has 20 heavy (non-hydrogen) atoms. The van der Waals surface area contributed by atoms with Crippen LogP contribution >= 0.6 is 0 Å². The van der Waals surface area contributed by atoms with Gasteiger partial charge in [-0.2, -0.15) is 4.31 Å². The summed E-state index contributed by atoms with van der Waals surface area (Å²) in [5.74, 6) is -1.20. The highest BCUT2D eigenvalue weighted by Gasteiger charge is 2.38. The third kappa shape index (κ3) is 3.19. The second-order valence-corrected chi connectivity index (χ2v) is 6.95. The van der Waals surface area contributed by atoms with E-state index in [0.29, 0.717) is 24.9 Å². The molecule has 0 aliphatic carbocycles. The number of rotatable bonds is 5. The lowest BCUT2D eigenvalue weighted by molar-refractivity contribution is -0.140. The summed E-state index contributed by atoms with van der Waals surface area (Å²) in [5, 5.41) is 9.08. The van der Waals surface area contributed by atoms with Gasteiger partial charge in [0.05, 0.1) is 5.75 Å². The zero-order valence-electron chi connectivity index (χ0n) is 11.4. The number of nitrogens with zero attached hydrogens (tertiary/aromatic N) is 1. The Kier molecular flexibility index (Phi) is 4.45. The van der Waals surface area contributed by atoms with Gasteiger partial charge in [0.2, 0.25) is 10.0 Å². The molecule has 1 saturated heterocycles. The van der Waals surface area contributed by atoms with Gasteiger partial charge in [-0.05, 0) is 30.4 Å². The average molecular weight is 297 g/mol. The van der Waals surface area contributed by atoms with Crippen molar-refractivity contribution in [3.05, 3.63) is 35.4 Å². The largest absolute Gasteiger partial charge is 0.480 e. The predicted molar refractivity (Wildman–Crippen MR) is 75.8 cm³/mol. The summed E-state index contributed by atoms with van der Waals surface area (Å²) in [5.41, 5.74) is 1.84. The lowest BCUT2D eigenvalue weighted by Crippen LogP contribution is -2.40. The van der Waals surface area contributed by atoms with E-state index in [9.17, 15) is 13.2 Å². The molecule has 2 rings (SSSR count). The number of carbonyl (C=O) groups is 1. The van der Waals surface area contributed by atoms with Crippen molar-refractivity contribution in [2.75, 3.05) is 6.54 Å². The maximum Gasteiger partial charge on any atom is 0.322 e. The minimum absolute atomic E-state index is 0.138. The molecule has 1 aliphatic rings. The molecular weight excluding hydrogens is 278 g/mol. The molecule has 1 aliphatic heterocycles. The van der Waals surface area contributed by atoms with Crippen molar-refractivity contribution >= 4 is 16.0 Å². The number of sulfonamides is 1. The number of hydrogen-bond acceptors (Lipinski definition) is 3. The molecule has 1 unspecified atom stereocenters. The molecule has 1 fully saturated rings. The van der Waals surface area contributed by atoms with Gasteiger partial charge in [0, 0.05) is 6.54 Å². The van der Waals surface area contributed by atoms with Crippen LogP contribution in [0.5, 0.6) is 0 Å². The van der Waals surface area contributed by atoms with E-state index in [4.69, 9.17) is 5.11 Å². The Morgan fingerprint density at radius 2 is 1.90 bits per heavy atom. The smallest absolute Gasteiger partial charge is 0.322 e. The number of aliphatic carboxylic acids is 1. The van der Waals surface area contributed by atoms with Crippen LogP contribution < -0.4 is 0 Å². The number of carboxylic acid groups (broad SMARTS) is 1. The number of hydrogen-bond donors (Lipinski definition) is 1. The predicted octanol–water partition coefficient (Wildman–Crippen LogP) is 1.63. The molecule has 1 N–H and O–H groups in total. The van der Waals surface area contributed by atoms with E-state index in [1.165, 1.54) is 0 Å². The maximum absolute atomic E-state index is 12.3. The molecule has 0 bridgehead atoms. The number of aryl methyl sites for hydroxylation is 1. The Morgan fingerprint density at radius 1 is 1.30 bits per heavy atom. The van der Waals surface area contributed by atoms with Gasteiger partial charge in [0.1, 0.15) is 6.04 Å². The third-order valence-corrected chi connectivity index (χ3v) is 5.48. The van der Waals surface area contributed by atoms with Gasteiger partial charge in [0.15, 0.2) is 0 Å². The van der Waals surface area contributed by atoms with Gasteiger partial charge < -0.3 is 5.11 Å². The van der Waals surface area contributed by atoms with Gasteiger partial charge in [-0.1, -0.05) is 31.2 Å². The van der Waals surface area contributed by atoms with E-state index >= 15 is 0 Å². The van der Waals surface area contributed by atoms with Crippen molar-refractivity contribution < 1.29 is 18.3 Å². The first-order chi connectivity index (χ1) is 9.44. The zero-order chi connectivity index (χ0) is 14.8. The summed E-state index contributed by atoms with van der Waals surface area (Å²) >= 11 is 0. The van der Waals surface area contributed by atoms with Crippen LogP contribution in [-0.4, -0.2) is 36.4 Å². The fourth-order valence-electron chi connectivity index (χ4n) is 2.48. The number of carboxylic acids is 1. The first kappa shape index (κ1) is 15.0. The van der Waals surface area contributed by atoms with Crippen LogP contribution in [0, 0.1) is 0 Å². The first-order valence-corrected chi connectivity index (χ1v) is 8.35. The summed E-state index contributed by atoms with van der Waals surface area (Å²) in [7, 11) is -3.57. The van der Waals surface area contributed by atoms with Gasteiger partial charge in [-0.15, -0.1) is 0 Å². The van der Waals surface area contributed by atoms with Gasteiger partial charge in [-0.25, -0.2) is 8.42 Å². The van der Waals surface area contributed by atoms with Crippen molar-refractivity contribution in [3.63, 3.8) is 0 Å². The third-order valence-electron chi connectivity index (χ3n) is 3.63. The molecule has 0 amide bonds. The number of benzene rings is 1. The molecule has 1 aromatic rings. The second kappa shape index (κ2) is 5.93. The van der Waals surface area contributed by atoms with E-state index < -0.39 is 22.0 Å². The van der Waals surface area contributed by atoms with Crippen molar-refractivity contribution in [1.29, 1.82) is 0 Å². The van der Waals surface area contributed by atoms with E-state index in [-0.39, 0.29) is 5.75 Å². The highest BCUT2D eigenvalue weighted by molar-refractivity contribution is 7.88. The molecular formula is C14H19NO4S. The average Bonchev–Trinajstić information content (AvgIpc) is 2.89. The highest BCUT2D eigenvalue weighted by Crippen LogP contribution is 2.23. The van der Waals surface area contributed by atoms with E-state index in [1.54, 1.807) is 12.1 Å². The zero-order valence-corrected chi connectivity index (χ0v) is 12.3. The monoisotopic (exact) mass is 297 g/mol. The fourth-order valence-corrected chi connectivity index (χ4v) is 4.25. The molecule has 0 spiro atoms. The molecule has 0 radical (unpaired) electrons. The lowest BCUT2D eigenvalue weighted by atomic mass is 10.1. The van der Waals surface area contributed by atoms with Crippen LogP contribution in [0.1, 0.15) is 30.9 Å². The highest BCUT2D eigenvalue weighted by atomic mass is 32.2. The molecule has 6 heteroatoms. The van der Waals surface area contributed by atoms with Gasteiger partial charge >= 0.3 is 5.97 Å². The standard InChI is InChI=1S/C14H19NO4S/c1-2-11-5-7-12(8-6-11)10-20(18,19)15-9-3-4-13(15)14(16)17/h5-8,13H,2-4,9-10H2,1H3,(H,16,17). The second-order valence-electron chi connectivity index (χ2n) is 5.03. The van der Waals surface area contributed by atoms with Crippen LogP contribution in [0.3, 0.4) is 0 Å². The van der Waals surface area contributed by atoms with Crippen LogP contribution in [0.2, 0.25) is 0 Å². The Morgan fingerprint density at radius 3 is 2.45 bits per heavy atom. The molecule has 5 nitrogen and oxygen atoms in total. The van der Waals surface area contributed by atoms with Crippen LogP contribution in [0.15, 0.2) is 24.3 Å². The topological polar surface area (TPSA) is 74.7 Å². The van der Waals surface area contributed by atoms with E-state index in [0.717, 1.165) is 16.3 Å². The first-order valence-electron chi connectivity index (χ1n) is 6.74. The Balaban J connectivity index is 2.15. The minimum atomic E-state index is -3.57. The molecule has 0 aromatic heterocycles. The fraction of sp³-hybridized carbons (Fsp3) is 0.500. The van der Waals surface area contributed by atoms with Gasteiger partial charge in [-0.3, -0.25) is 4.79 Å².